The Morgan fingerprint density at radius 2 is 1.79 bits per heavy atom. The van der Waals surface area contributed by atoms with E-state index in [1.165, 1.54) is 0 Å². The fourth-order valence-electron chi connectivity index (χ4n) is 1.40. The fourth-order valence-corrected chi connectivity index (χ4v) is 1.73. The quantitative estimate of drug-likeness (QED) is 0.652. The molecule has 0 aliphatic rings. The van der Waals surface area contributed by atoms with E-state index in [2.05, 4.69) is 10.6 Å². The summed E-state index contributed by atoms with van der Waals surface area (Å²) in [5.41, 5.74) is 1.81. The second-order valence-corrected chi connectivity index (χ2v) is 6.97. The zero-order valence-corrected chi connectivity index (χ0v) is 13.3. The second kappa shape index (κ2) is 6.69. The van der Waals surface area contributed by atoms with Crippen LogP contribution in [0.1, 0.15) is 19.4 Å². The maximum Gasteiger partial charge on any atom is 0.228 e. The van der Waals surface area contributed by atoms with Crippen LogP contribution in [0.5, 0.6) is 0 Å². The normalized spacial score (nSPS) is 13.2. The highest BCUT2D eigenvalue weighted by atomic mass is 35.6. The molecule has 0 bridgehead atoms. The first-order valence-electron chi connectivity index (χ1n) is 5.91. The number of nitrogens with one attached hydrogen (secondary N) is 2. The Morgan fingerprint density at radius 3 is 2.26 bits per heavy atom. The first-order chi connectivity index (χ1) is 8.71. The van der Waals surface area contributed by atoms with Crippen molar-refractivity contribution in [3.05, 3.63) is 29.8 Å². The van der Waals surface area contributed by atoms with Gasteiger partial charge in [0.05, 0.1) is 0 Å². The van der Waals surface area contributed by atoms with Gasteiger partial charge >= 0.3 is 0 Å². The molecule has 0 spiro atoms. The summed E-state index contributed by atoms with van der Waals surface area (Å²) in [6, 6.07) is 7.58. The maximum absolute atomic E-state index is 11.7. The van der Waals surface area contributed by atoms with Crippen LogP contribution in [-0.4, -0.2) is 15.9 Å². The van der Waals surface area contributed by atoms with Gasteiger partial charge < -0.3 is 10.6 Å². The van der Waals surface area contributed by atoms with Gasteiger partial charge in [-0.25, -0.2) is 0 Å². The summed E-state index contributed by atoms with van der Waals surface area (Å²) in [4.78, 5) is 11.7. The van der Waals surface area contributed by atoms with Crippen molar-refractivity contribution < 1.29 is 4.79 Å². The Bertz CT molecular complexity index is 444. The highest BCUT2D eigenvalue weighted by Crippen LogP contribution is 2.31. The van der Waals surface area contributed by atoms with Crippen molar-refractivity contribution in [1.29, 1.82) is 0 Å². The van der Waals surface area contributed by atoms with Gasteiger partial charge in [-0.3, -0.25) is 4.79 Å². The molecule has 1 amide bonds. The lowest BCUT2D eigenvalue weighted by Gasteiger charge is -2.28. The highest BCUT2D eigenvalue weighted by molar-refractivity contribution is 6.68. The third kappa shape index (κ3) is 5.09. The van der Waals surface area contributed by atoms with Crippen molar-refractivity contribution in [2.45, 2.75) is 30.7 Å². The minimum absolute atomic E-state index is 0.183. The van der Waals surface area contributed by atoms with Crippen LogP contribution in [-0.2, 0) is 4.79 Å². The SMILES string of the molecule is Cc1ccccc1N[C@@H](NC(=O)C(C)C)C(Cl)(Cl)Cl. The lowest BCUT2D eigenvalue weighted by atomic mass is 10.2. The molecular weight excluding hydrogens is 307 g/mol. The molecule has 0 radical (unpaired) electrons. The van der Waals surface area contributed by atoms with Gasteiger partial charge in [0.2, 0.25) is 9.70 Å². The number of hydrogen-bond donors (Lipinski definition) is 2. The average Bonchev–Trinajstić information content (AvgIpc) is 2.29. The van der Waals surface area contributed by atoms with E-state index in [-0.39, 0.29) is 11.8 Å². The molecule has 0 aromatic heterocycles. The Kier molecular flexibility index (Phi) is 5.78. The number of para-hydroxylation sites is 1. The van der Waals surface area contributed by atoms with Crippen LogP contribution in [0.15, 0.2) is 24.3 Å². The number of carbonyl (C=O) groups is 1. The molecule has 2 N–H and O–H groups in total. The molecule has 0 saturated carbocycles. The topological polar surface area (TPSA) is 41.1 Å². The zero-order chi connectivity index (χ0) is 14.6. The van der Waals surface area contributed by atoms with Gasteiger partial charge in [0.15, 0.2) is 0 Å². The number of aryl methyl sites for hydroxylation is 1. The summed E-state index contributed by atoms with van der Waals surface area (Å²) in [6.45, 7) is 5.49. The van der Waals surface area contributed by atoms with Crippen LogP contribution in [0.4, 0.5) is 5.69 Å². The minimum atomic E-state index is -1.65. The molecule has 1 aromatic carbocycles. The standard InChI is InChI=1S/C13H17Cl3N2O/c1-8(2)11(19)18-12(13(14,15)16)17-10-7-5-4-6-9(10)3/h4-8,12,17H,1-3H3,(H,18,19)/t12-/m0/s1. The van der Waals surface area contributed by atoms with Gasteiger partial charge in [-0.2, -0.15) is 0 Å². The van der Waals surface area contributed by atoms with E-state index in [1.807, 2.05) is 31.2 Å². The molecule has 106 valence electrons. The maximum atomic E-state index is 11.7. The third-order valence-corrected chi connectivity index (χ3v) is 3.24. The summed E-state index contributed by atoms with van der Waals surface area (Å²) in [7, 11) is 0. The summed E-state index contributed by atoms with van der Waals surface area (Å²) < 4.78 is -1.65. The Labute approximate surface area is 128 Å². The highest BCUT2D eigenvalue weighted by Gasteiger charge is 2.34. The van der Waals surface area contributed by atoms with Crippen LogP contribution >= 0.6 is 34.8 Å². The monoisotopic (exact) mass is 322 g/mol. The Hall–Kier alpha value is -0.640. The predicted octanol–water partition coefficient (Wildman–Crippen LogP) is 3.88. The summed E-state index contributed by atoms with van der Waals surface area (Å²) in [5.74, 6) is -0.370. The van der Waals surface area contributed by atoms with Crippen molar-refractivity contribution in [1.82, 2.24) is 5.32 Å². The summed E-state index contributed by atoms with van der Waals surface area (Å²) >= 11 is 17.7. The van der Waals surface area contributed by atoms with Crippen molar-refractivity contribution in [3.8, 4) is 0 Å². The number of anilines is 1. The van der Waals surface area contributed by atoms with Crippen molar-refractivity contribution in [3.63, 3.8) is 0 Å². The zero-order valence-electron chi connectivity index (χ0n) is 11.0. The van der Waals surface area contributed by atoms with Crippen LogP contribution < -0.4 is 10.6 Å². The number of halogens is 3. The van der Waals surface area contributed by atoms with Crippen molar-refractivity contribution in [2.24, 2.45) is 5.92 Å². The van der Waals surface area contributed by atoms with Gasteiger partial charge in [-0.1, -0.05) is 66.8 Å². The van der Waals surface area contributed by atoms with Gasteiger partial charge in [-0.05, 0) is 18.6 Å². The largest absolute Gasteiger partial charge is 0.362 e. The molecule has 3 nitrogen and oxygen atoms in total. The molecule has 0 heterocycles. The molecule has 1 aromatic rings. The number of alkyl halides is 3. The summed E-state index contributed by atoms with van der Waals surface area (Å²) in [6.07, 6.45) is -0.798. The molecule has 0 aliphatic carbocycles. The van der Waals surface area contributed by atoms with Crippen molar-refractivity contribution in [2.75, 3.05) is 5.32 Å². The van der Waals surface area contributed by atoms with E-state index in [0.717, 1.165) is 11.3 Å². The molecule has 1 atom stereocenters. The molecular formula is C13H17Cl3N2O. The number of carbonyl (C=O) groups excluding carboxylic acids is 1. The lowest BCUT2D eigenvalue weighted by molar-refractivity contribution is -0.124. The number of amides is 1. The van der Waals surface area contributed by atoms with E-state index in [9.17, 15) is 4.79 Å². The lowest BCUT2D eigenvalue weighted by Crippen LogP contribution is -2.50. The minimum Gasteiger partial charge on any atom is -0.362 e. The number of rotatable bonds is 4. The second-order valence-electron chi connectivity index (χ2n) is 4.60. The molecule has 0 unspecified atom stereocenters. The number of benzene rings is 1. The third-order valence-electron chi connectivity index (χ3n) is 2.58. The molecule has 19 heavy (non-hydrogen) atoms. The average molecular weight is 324 g/mol. The molecule has 6 heteroatoms. The first kappa shape index (κ1) is 16.4. The van der Waals surface area contributed by atoms with E-state index >= 15 is 0 Å². The van der Waals surface area contributed by atoms with E-state index in [4.69, 9.17) is 34.8 Å². The first-order valence-corrected chi connectivity index (χ1v) is 7.04. The van der Waals surface area contributed by atoms with Crippen molar-refractivity contribution >= 4 is 46.4 Å². The smallest absolute Gasteiger partial charge is 0.228 e. The summed E-state index contributed by atoms with van der Waals surface area (Å²) in [5, 5.41) is 5.73. The van der Waals surface area contributed by atoms with Gasteiger partial charge in [0.1, 0.15) is 6.17 Å². The molecule has 0 saturated heterocycles. The molecule has 0 aliphatic heterocycles. The van der Waals surface area contributed by atoms with Gasteiger partial charge in [0.25, 0.3) is 0 Å². The van der Waals surface area contributed by atoms with E-state index < -0.39 is 9.96 Å². The fraction of sp³-hybridized carbons (Fsp3) is 0.462. The van der Waals surface area contributed by atoms with Gasteiger partial charge in [-0.15, -0.1) is 0 Å². The van der Waals surface area contributed by atoms with Crippen LogP contribution in [0, 0.1) is 12.8 Å². The Morgan fingerprint density at radius 1 is 1.21 bits per heavy atom. The van der Waals surface area contributed by atoms with E-state index in [1.54, 1.807) is 13.8 Å². The molecule has 0 fully saturated rings. The molecule has 1 rings (SSSR count). The van der Waals surface area contributed by atoms with E-state index in [0.29, 0.717) is 0 Å². The predicted molar refractivity (Wildman–Crippen MR) is 81.9 cm³/mol. The van der Waals surface area contributed by atoms with Crippen LogP contribution in [0.2, 0.25) is 0 Å². The Balaban J connectivity index is 2.88. The van der Waals surface area contributed by atoms with Crippen LogP contribution in [0.25, 0.3) is 0 Å². The number of hydrogen-bond acceptors (Lipinski definition) is 2. The van der Waals surface area contributed by atoms with Crippen LogP contribution in [0.3, 0.4) is 0 Å². The van der Waals surface area contributed by atoms with Gasteiger partial charge in [0, 0.05) is 11.6 Å².